The summed E-state index contributed by atoms with van der Waals surface area (Å²) in [6.45, 7) is 3.10. The molecule has 1 aliphatic carbocycles. The highest BCUT2D eigenvalue weighted by Gasteiger charge is 2.26. The first-order valence-electron chi connectivity index (χ1n) is 7.50. The van der Waals surface area contributed by atoms with Crippen molar-refractivity contribution in [2.75, 3.05) is 0 Å². The van der Waals surface area contributed by atoms with Crippen LogP contribution in [-0.2, 0) is 6.42 Å². The van der Waals surface area contributed by atoms with Crippen molar-refractivity contribution in [2.45, 2.75) is 33.1 Å². The molecule has 2 aromatic rings. The monoisotopic (exact) mass is 332 g/mol. The van der Waals surface area contributed by atoms with Gasteiger partial charge >= 0.3 is 0 Å². The Bertz CT molecular complexity index is 854. The molecular formula is C17H17ClN2O3. The van der Waals surface area contributed by atoms with Crippen molar-refractivity contribution in [1.82, 2.24) is 9.55 Å². The lowest BCUT2D eigenvalue weighted by Gasteiger charge is -2.17. The van der Waals surface area contributed by atoms with E-state index in [1.165, 1.54) is 17.6 Å². The van der Waals surface area contributed by atoms with E-state index >= 15 is 0 Å². The number of hydrogen-bond acceptors (Lipinski definition) is 4. The Hall–Kier alpha value is -2.14. The lowest BCUT2D eigenvalue weighted by atomic mass is 10.1. The maximum Gasteiger partial charge on any atom is 0.269 e. The highest BCUT2D eigenvalue weighted by atomic mass is 35.5. The molecule has 0 unspecified atom stereocenters. The van der Waals surface area contributed by atoms with Crippen LogP contribution in [-0.4, -0.2) is 20.4 Å². The number of pyridine rings is 2. The fraction of sp³-hybridized carbons (Fsp3) is 0.353. The molecule has 120 valence electrons. The van der Waals surface area contributed by atoms with Crippen molar-refractivity contribution in [3.05, 3.63) is 50.7 Å². The molecule has 0 saturated heterocycles. The summed E-state index contributed by atoms with van der Waals surface area (Å²) in [6.07, 6.45) is 4.49. The maximum absolute atomic E-state index is 12.8. The average molecular weight is 333 g/mol. The second-order valence-electron chi connectivity index (χ2n) is 6.03. The fourth-order valence-corrected chi connectivity index (χ4v) is 2.89. The number of aromatic nitrogens is 2. The van der Waals surface area contributed by atoms with Gasteiger partial charge in [0.1, 0.15) is 16.5 Å². The molecule has 5 nitrogen and oxygen atoms in total. The van der Waals surface area contributed by atoms with Gasteiger partial charge in [-0.3, -0.25) is 14.2 Å². The van der Waals surface area contributed by atoms with Crippen molar-refractivity contribution in [1.29, 1.82) is 0 Å². The van der Waals surface area contributed by atoms with E-state index < -0.39 is 11.3 Å². The van der Waals surface area contributed by atoms with Crippen LogP contribution >= 0.6 is 11.6 Å². The van der Waals surface area contributed by atoms with Gasteiger partial charge in [-0.25, -0.2) is 4.98 Å². The van der Waals surface area contributed by atoms with Crippen molar-refractivity contribution >= 4 is 17.4 Å². The molecule has 0 radical (unpaired) electrons. The highest BCUT2D eigenvalue weighted by Crippen LogP contribution is 2.34. The average Bonchev–Trinajstić information content (AvgIpc) is 3.25. The van der Waals surface area contributed by atoms with Gasteiger partial charge in [-0.15, -0.1) is 0 Å². The molecule has 1 saturated carbocycles. The van der Waals surface area contributed by atoms with E-state index in [1.807, 2.05) is 6.92 Å². The van der Waals surface area contributed by atoms with Crippen molar-refractivity contribution in [3.63, 3.8) is 0 Å². The molecule has 23 heavy (non-hydrogen) atoms. The quantitative estimate of drug-likeness (QED) is 0.690. The second-order valence-corrected chi connectivity index (χ2v) is 6.42. The number of carbonyl (C=O) groups is 1. The number of aryl methyl sites for hydroxylation is 1. The zero-order valence-electron chi connectivity index (χ0n) is 13.0. The molecule has 1 N–H and O–H groups in total. The molecule has 3 rings (SSSR count). The van der Waals surface area contributed by atoms with Crippen molar-refractivity contribution in [2.24, 2.45) is 5.92 Å². The number of carbonyl (C=O) groups excluding carboxylic acids is 1. The Morgan fingerprint density at radius 2 is 2.13 bits per heavy atom. The molecule has 0 atom stereocenters. The van der Waals surface area contributed by atoms with E-state index in [9.17, 15) is 14.7 Å². The first-order chi connectivity index (χ1) is 10.9. The lowest BCUT2D eigenvalue weighted by molar-refractivity contribution is 0.101. The van der Waals surface area contributed by atoms with E-state index in [-0.39, 0.29) is 16.5 Å². The summed E-state index contributed by atoms with van der Waals surface area (Å²) in [7, 11) is 0. The Kier molecular flexibility index (Phi) is 3.98. The van der Waals surface area contributed by atoms with Gasteiger partial charge in [0, 0.05) is 18.0 Å². The standard InChI is InChI=1S/C17H17ClN2O3/c1-9-8-19-15(18)7-13(9)20-12(5-11-3-4-11)6-14(22)16(10(2)21)17(20)23/h6-8,11,22H,3-5H2,1-2H3. The van der Waals surface area contributed by atoms with Crippen LogP contribution in [0.5, 0.6) is 5.75 Å². The van der Waals surface area contributed by atoms with Crippen molar-refractivity contribution in [3.8, 4) is 11.4 Å². The third-order valence-electron chi connectivity index (χ3n) is 4.09. The predicted molar refractivity (Wildman–Crippen MR) is 87.7 cm³/mol. The number of Topliss-reactive ketones (excluding diaryl/α,β-unsaturated/α-hetero) is 1. The van der Waals surface area contributed by atoms with E-state index in [4.69, 9.17) is 11.6 Å². The fourth-order valence-electron chi connectivity index (χ4n) is 2.74. The SMILES string of the molecule is CC(=O)c1c(O)cc(CC2CC2)n(-c2cc(Cl)ncc2C)c1=O. The van der Waals surface area contributed by atoms with Crippen LogP contribution in [0.25, 0.3) is 5.69 Å². The van der Waals surface area contributed by atoms with E-state index in [0.717, 1.165) is 18.4 Å². The summed E-state index contributed by atoms with van der Waals surface area (Å²) in [5.74, 6) is -0.204. The smallest absolute Gasteiger partial charge is 0.269 e. The summed E-state index contributed by atoms with van der Waals surface area (Å²) in [4.78, 5) is 28.6. The first kappa shape index (κ1) is 15.7. The van der Waals surface area contributed by atoms with Gasteiger partial charge in [0.05, 0.1) is 5.69 Å². The van der Waals surface area contributed by atoms with Gasteiger partial charge in [-0.05, 0) is 50.7 Å². The zero-order chi connectivity index (χ0) is 16.7. The molecule has 1 fully saturated rings. The van der Waals surface area contributed by atoms with E-state index in [2.05, 4.69) is 4.98 Å². The Balaban J connectivity index is 2.31. The minimum Gasteiger partial charge on any atom is -0.507 e. The normalized spacial score (nSPS) is 14.0. The summed E-state index contributed by atoms with van der Waals surface area (Å²) in [6, 6.07) is 3.12. The van der Waals surface area contributed by atoms with Crippen molar-refractivity contribution < 1.29 is 9.90 Å². The molecule has 0 amide bonds. The van der Waals surface area contributed by atoms with Crippen LogP contribution in [0.2, 0.25) is 5.15 Å². The summed E-state index contributed by atoms with van der Waals surface area (Å²) >= 11 is 5.98. The molecule has 0 aromatic carbocycles. The second kappa shape index (κ2) is 5.81. The third-order valence-corrected chi connectivity index (χ3v) is 4.30. The van der Waals surface area contributed by atoms with Crippen LogP contribution in [0.15, 0.2) is 23.1 Å². The van der Waals surface area contributed by atoms with Crippen LogP contribution in [0.4, 0.5) is 0 Å². The number of halogens is 1. The Labute approximate surface area is 138 Å². The van der Waals surface area contributed by atoms with Gasteiger partial charge < -0.3 is 5.11 Å². The van der Waals surface area contributed by atoms with Crippen LogP contribution in [0, 0.1) is 12.8 Å². The maximum atomic E-state index is 12.8. The molecule has 2 heterocycles. The van der Waals surface area contributed by atoms with Gasteiger partial charge in [-0.2, -0.15) is 0 Å². The number of ketones is 1. The molecule has 6 heteroatoms. The number of aromatic hydroxyl groups is 1. The van der Waals surface area contributed by atoms with Gasteiger partial charge in [0.15, 0.2) is 5.78 Å². The molecule has 1 aliphatic rings. The predicted octanol–water partition coefficient (Wildman–Crippen LogP) is 3.06. The van der Waals surface area contributed by atoms with Gasteiger partial charge in [0.25, 0.3) is 5.56 Å². The highest BCUT2D eigenvalue weighted by molar-refractivity contribution is 6.29. The summed E-state index contributed by atoms with van der Waals surface area (Å²) in [5.41, 5.74) is 1.34. The van der Waals surface area contributed by atoms with Gasteiger partial charge in [0.2, 0.25) is 0 Å². The zero-order valence-corrected chi connectivity index (χ0v) is 13.7. The molecular weight excluding hydrogens is 316 g/mol. The Morgan fingerprint density at radius 1 is 1.43 bits per heavy atom. The first-order valence-corrected chi connectivity index (χ1v) is 7.87. The number of rotatable bonds is 4. The van der Waals surface area contributed by atoms with Gasteiger partial charge in [-0.1, -0.05) is 11.6 Å². The molecule has 0 aliphatic heterocycles. The topological polar surface area (TPSA) is 72.2 Å². The molecule has 0 spiro atoms. The number of hydrogen-bond donors (Lipinski definition) is 1. The minimum absolute atomic E-state index is 0.197. The van der Waals surface area contributed by atoms with Crippen LogP contribution < -0.4 is 5.56 Å². The minimum atomic E-state index is -0.515. The Morgan fingerprint density at radius 3 is 2.74 bits per heavy atom. The van der Waals surface area contributed by atoms with Crippen LogP contribution in [0.3, 0.4) is 0 Å². The summed E-state index contributed by atoms with van der Waals surface area (Å²) in [5, 5.41) is 10.4. The largest absolute Gasteiger partial charge is 0.507 e. The van der Waals surface area contributed by atoms with E-state index in [0.29, 0.717) is 23.7 Å². The number of nitrogens with zero attached hydrogens (tertiary/aromatic N) is 2. The lowest BCUT2D eigenvalue weighted by Crippen LogP contribution is -2.28. The van der Waals surface area contributed by atoms with E-state index in [1.54, 1.807) is 12.3 Å². The van der Waals surface area contributed by atoms with Crippen LogP contribution in [0.1, 0.15) is 41.4 Å². The molecule has 0 bridgehead atoms. The third kappa shape index (κ3) is 3.01. The summed E-state index contributed by atoms with van der Waals surface area (Å²) < 4.78 is 1.48. The molecule has 2 aromatic heterocycles.